The van der Waals surface area contributed by atoms with Gasteiger partial charge in [0.05, 0.1) is 0 Å². The zero-order valence-corrected chi connectivity index (χ0v) is 17.9. The predicted molar refractivity (Wildman–Crippen MR) is 119 cm³/mol. The summed E-state index contributed by atoms with van der Waals surface area (Å²) in [5, 5.41) is 8.06. The third-order valence-corrected chi connectivity index (χ3v) is 5.00. The van der Waals surface area contributed by atoms with Crippen LogP contribution in [0.15, 0.2) is 77.7 Å². The van der Waals surface area contributed by atoms with Crippen molar-refractivity contribution >= 4 is 50.8 Å². The first kappa shape index (κ1) is 23.0. The molecule has 0 saturated carbocycles. The van der Waals surface area contributed by atoms with Crippen molar-refractivity contribution < 1.29 is 26.6 Å². The summed E-state index contributed by atoms with van der Waals surface area (Å²) in [4.78, 5) is 23.7. The molecule has 0 spiro atoms. The first-order chi connectivity index (χ1) is 15.2. The lowest BCUT2D eigenvalue weighted by Crippen LogP contribution is -2.21. The molecule has 0 bridgehead atoms. The van der Waals surface area contributed by atoms with Crippen LogP contribution >= 0.6 is 11.6 Å². The van der Waals surface area contributed by atoms with Crippen molar-refractivity contribution in [3.63, 3.8) is 0 Å². The monoisotopic (exact) mass is 477 g/mol. The molecule has 0 fully saturated rings. The highest BCUT2D eigenvalue weighted by molar-refractivity contribution is 7.86. The van der Waals surface area contributed by atoms with Crippen molar-refractivity contribution in [2.24, 2.45) is 0 Å². The molecule has 0 aliphatic carbocycles. The zero-order chi connectivity index (χ0) is 23.1. The molecular formula is C21H17ClFN3O5S. The van der Waals surface area contributed by atoms with Crippen LogP contribution in [-0.2, 0) is 15.0 Å². The van der Waals surface area contributed by atoms with E-state index in [1.54, 1.807) is 42.5 Å². The third kappa shape index (κ3) is 6.96. The minimum atomic E-state index is -4.89. The summed E-state index contributed by atoms with van der Waals surface area (Å²) in [6, 6.07) is 17.0. The Morgan fingerprint density at radius 1 is 0.844 bits per heavy atom. The van der Waals surface area contributed by atoms with E-state index in [4.69, 9.17) is 16.3 Å². The van der Waals surface area contributed by atoms with Gasteiger partial charge in [0.15, 0.2) is 6.61 Å². The van der Waals surface area contributed by atoms with Crippen molar-refractivity contribution in [1.82, 2.24) is 0 Å². The summed E-state index contributed by atoms with van der Waals surface area (Å²) >= 11 is 5.86. The van der Waals surface area contributed by atoms with E-state index in [1.807, 2.05) is 0 Å². The maximum Gasteiger partial charge on any atom is 0.332 e. The number of amides is 3. The predicted octanol–water partition coefficient (Wildman–Crippen LogP) is 4.66. The first-order valence-corrected chi connectivity index (χ1v) is 10.9. The standard InChI is InChI=1S/C21H17ClFN3O5S/c22-14-4-1-8-18(10-14)31-13-20(27)24-15-5-2-6-16(11-15)25-21(28)26-17-7-3-9-19(12-17)32(23,29)30/h1-12H,13H2,(H,24,27)(H2,25,26,28). The number of carbonyl (C=O) groups is 2. The van der Waals surface area contributed by atoms with Gasteiger partial charge in [-0.25, -0.2) is 4.79 Å². The lowest BCUT2D eigenvalue weighted by molar-refractivity contribution is -0.118. The van der Waals surface area contributed by atoms with Crippen LogP contribution in [0.5, 0.6) is 5.75 Å². The molecule has 0 aromatic heterocycles. The van der Waals surface area contributed by atoms with Gasteiger partial charge in [-0.15, -0.1) is 3.89 Å². The highest BCUT2D eigenvalue weighted by Crippen LogP contribution is 2.20. The highest BCUT2D eigenvalue weighted by atomic mass is 35.5. The fourth-order valence-corrected chi connectivity index (χ4v) is 3.29. The number of benzene rings is 3. The van der Waals surface area contributed by atoms with Gasteiger partial charge in [-0.05, 0) is 54.6 Å². The van der Waals surface area contributed by atoms with Crippen molar-refractivity contribution in [2.45, 2.75) is 4.90 Å². The fourth-order valence-electron chi connectivity index (χ4n) is 2.60. The molecule has 3 amide bonds. The fraction of sp³-hybridized carbons (Fsp3) is 0.0476. The molecule has 0 atom stereocenters. The number of hydrogen-bond acceptors (Lipinski definition) is 5. The van der Waals surface area contributed by atoms with E-state index >= 15 is 0 Å². The SMILES string of the molecule is O=C(COc1cccc(Cl)c1)Nc1cccc(NC(=O)Nc2cccc(S(=O)(=O)F)c2)c1. The van der Waals surface area contributed by atoms with Crippen LogP contribution in [0.2, 0.25) is 5.02 Å². The van der Waals surface area contributed by atoms with Crippen LogP contribution in [-0.4, -0.2) is 27.0 Å². The van der Waals surface area contributed by atoms with E-state index in [1.165, 1.54) is 18.2 Å². The number of hydrogen-bond donors (Lipinski definition) is 3. The molecule has 3 aromatic rings. The van der Waals surface area contributed by atoms with Gasteiger partial charge < -0.3 is 20.7 Å². The molecule has 32 heavy (non-hydrogen) atoms. The molecule has 0 unspecified atom stereocenters. The summed E-state index contributed by atoms with van der Waals surface area (Å²) < 4.78 is 40.4. The van der Waals surface area contributed by atoms with Crippen LogP contribution in [0.25, 0.3) is 0 Å². The molecule has 0 heterocycles. The number of carbonyl (C=O) groups excluding carboxylic acids is 2. The third-order valence-electron chi connectivity index (χ3n) is 3.94. The lowest BCUT2D eigenvalue weighted by Gasteiger charge is -2.11. The Morgan fingerprint density at radius 2 is 1.44 bits per heavy atom. The smallest absolute Gasteiger partial charge is 0.332 e. The normalized spacial score (nSPS) is 10.8. The largest absolute Gasteiger partial charge is 0.484 e. The zero-order valence-electron chi connectivity index (χ0n) is 16.3. The Labute approximate surface area is 188 Å². The first-order valence-electron chi connectivity index (χ1n) is 9.10. The summed E-state index contributed by atoms with van der Waals surface area (Å²) in [6.07, 6.45) is 0. The minimum absolute atomic E-state index is 0.0869. The Bertz CT molecular complexity index is 1250. The Kier molecular flexibility index (Phi) is 7.29. The van der Waals surface area contributed by atoms with E-state index in [0.717, 1.165) is 12.1 Å². The molecule has 3 aromatic carbocycles. The van der Waals surface area contributed by atoms with Gasteiger partial charge in [-0.2, -0.15) is 8.42 Å². The average molecular weight is 478 g/mol. The Balaban J connectivity index is 1.56. The van der Waals surface area contributed by atoms with Crippen molar-refractivity contribution in [2.75, 3.05) is 22.6 Å². The van der Waals surface area contributed by atoms with Crippen LogP contribution in [0.3, 0.4) is 0 Å². The van der Waals surface area contributed by atoms with E-state index in [9.17, 15) is 21.9 Å². The maximum atomic E-state index is 13.1. The molecule has 166 valence electrons. The molecular weight excluding hydrogens is 461 g/mol. The van der Waals surface area contributed by atoms with Crippen LogP contribution in [0, 0.1) is 0 Å². The van der Waals surface area contributed by atoms with Crippen LogP contribution in [0.1, 0.15) is 0 Å². The number of halogens is 2. The van der Waals surface area contributed by atoms with E-state index in [2.05, 4.69) is 16.0 Å². The average Bonchev–Trinajstić information content (AvgIpc) is 2.72. The van der Waals surface area contributed by atoms with Gasteiger partial charge in [-0.3, -0.25) is 4.79 Å². The Hall–Kier alpha value is -3.63. The molecule has 0 saturated heterocycles. The van der Waals surface area contributed by atoms with Crippen LogP contribution < -0.4 is 20.7 Å². The molecule has 0 aliphatic rings. The second-order valence-electron chi connectivity index (χ2n) is 6.42. The summed E-state index contributed by atoms with van der Waals surface area (Å²) in [6.45, 7) is -0.244. The molecule has 11 heteroatoms. The van der Waals surface area contributed by atoms with Gasteiger partial charge >= 0.3 is 16.3 Å². The van der Waals surface area contributed by atoms with Gasteiger partial charge in [0.2, 0.25) is 0 Å². The van der Waals surface area contributed by atoms with Gasteiger partial charge in [-0.1, -0.05) is 29.8 Å². The maximum absolute atomic E-state index is 13.1. The Morgan fingerprint density at radius 3 is 2.09 bits per heavy atom. The molecule has 0 radical (unpaired) electrons. The van der Waals surface area contributed by atoms with Crippen LogP contribution in [0.4, 0.5) is 25.7 Å². The molecule has 3 N–H and O–H groups in total. The summed E-state index contributed by atoms with van der Waals surface area (Å²) in [5.74, 6) is 0.0280. The lowest BCUT2D eigenvalue weighted by atomic mass is 10.2. The second-order valence-corrected chi connectivity index (χ2v) is 8.20. The van der Waals surface area contributed by atoms with E-state index in [0.29, 0.717) is 22.1 Å². The number of nitrogens with one attached hydrogen (secondary N) is 3. The van der Waals surface area contributed by atoms with Gasteiger partial charge in [0, 0.05) is 22.1 Å². The minimum Gasteiger partial charge on any atom is -0.484 e. The topological polar surface area (TPSA) is 114 Å². The number of urea groups is 1. The van der Waals surface area contributed by atoms with E-state index < -0.39 is 27.1 Å². The van der Waals surface area contributed by atoms with E-state index in [-0.39, 0.29) is 12.3 Å². The van der Waals surface area contributed by atoms with Gasteiger partial charge in [0.1, 0.15) is 10.6 Å². The number of anilines is 3. The summed E-state index contributed by atoms with van der Waals surface area (Å²) in [5.41, 5.74) is 0.849. The number of ether oxygens (including phenoxy) is 1. The van der Waals surface area contributed by atoms with Crippen molar-refractivity contribution in [3.8, 4) is 5.75 Å². The van der Waals surface area contributed by atoms with Crippen molar-refractivity contribution in [1.29, 1.82) is 0 Å². The van der Waals surface area contributed by atoms with Gasteiger partial charge in [0.25, 0.3) is 5.91 Å². The summed E-state index contributed by atoms with van der Waals surface area (Å²) in [7, 11) is -4.89. The highest BCUT2D eigenvalue weighted by Gasteiger charge is 2.13. The molecule has 8 nitrogen and oxygen atoms in total. The quantitative estimate of drug-likeness (QED) is 0.428. The molecule has 3 rings (SSSR count). The second kappa shape index (κ2) is 10.1. The van der Waals surface area contributed by atoms with Crippen molar-refractivity contribution in [3.05, 3.63) is 77.8 Å². The molecule has 0 aliphatic heterocycles. The number of rotatable bonds is 7.